The Labute approximate surface area is 148 Å². The second-order valence-electron chi connectivity index (χ2n) is 9.17. The normalized spacial score (nSPS) is 52.2. The lowest BCUT2D eigenvalue weighted by Crippen LogP contribution is -2.56. The van der Waals surface area contributed by atoms with Gasteiger partial charge in [0.2, 0.25) is 0 Å². The molecule has 0 unspecified atom stereocenters. The van der Waals surface area contributed by atoms with Crippen LogP contribution in [0, 0.1) is 40.9 Å². The number of ketones is 1. The van der Waals surface area contributed by atoms with Crippen LogP contribution in [0.2, 0.25) is 0 Å². The molecular weight excluding hydrogens is 319 g/mol. The van der Waals surface area contributed by atoms with Crippen molar-refractivity contribution in [1.82, 2.24) is 0 Å². The van der Waals surface area contributed by atoms with Gasteiger partial charge in [0.15, 0.2) is 17.2 Å². The number of Topliss-reactive ketones (excluding diaryl/α,β-unsaturated/α-hetero) is 1. The summed E-state index contributed by atoms with van der Waals surface area (Å²) in [6.45, 7) is 4.13. The monoisotopic (exact) mass is 346 g/mol. The summed E-state index contributed by atoms with van der Waals surface area (Å²) in [5.74, 6) is 2.40. The highest BCUT2D eigenvalue weighted by atomic mass is 19.1. The van der Waals surface area contributed by atoms with E-state index in [-0.39, 0.29) is 23.5 Å². The van der Waals surface area contributed by atoms with Gasteiger partial charge in [0.25, 0.3) is 0 Å². The maximum absolute atomic E-state index is 14.5. The van der Waals surface area contributed by atoms with Gasteiger partial charge in [-0.25, -0.2) is 4.39 Å². The van der Waals surface area contributed by atoms with E-state index in [2.05, 4.69) is 12.8 Å². The number of hydrogen-bond acceptors (Lipinski definition) is 3. The van der Waals surface area contributed by atoms with E-state index in [9.17, 15) is 19.4 Å². The van der Waals surface area contributed by atoms with Crippen molar-refractivity contribution in [1.29, 1.82) is 0 Å². The van der Waals surface area contributed by atoms with Crippen LogP contribution < -0.4 is 0 Å². The molecule has 3 saturated carbocycles. The Balaban J connectivity index is 1.74. The summed E-state index contributed by atoms with van der Waals surface area (Å²) in [5.41, 5.74) is -1.53. The Bertz CT molecular complexity index is 706. The standard InChI is InChI=1S/C21H27FO3/c1-4-21(25)17(24)11-15-12-5-6-14-18(22)16(23)8-9-19(14,2)13(12)7-10-20(15,21)3/h1,12-13,15,17,24-25H,5-11H2,2-3H3/t12-,13+,15+,17-,19-,20+,21+/m1/s1. The van der Waals surface area contributed by atoms with Gasteiger partial charge in [-0.3, -0.25) is 4.79 Å². The molecule has 2 N–H and O–H groups in total. The lowest BCUT2D eigenvalue weighted by Gasteiger charge is -2.58. The van der Waals surface area contributed by atoms with E-state index in [4.69, 9.17) is 6.42 Å². The Morgan fingerprint density at radius 3 is 2.60 bits per heavy atom. The fourth-order valence-corrected chi connectivity index (χ4v) is 6.93. The predicted molar refractivity (Wildman–Crippen MR) is 91.9 cm³/mol. The van der Waals surface area contributed by atoms with Gasteiger partial charge in [0, 0.05) is 11.8 Å². The molecule has 3 fully saturated rings. The van der Waals surface area contributed by atoms with Gasteiger partial charge in [0.1, 0.15) is 0 Å². The summed E-state index contributed by atoms with van der Waals surface area (Å²) in [6.07, 6.45) is 9.23. The van der Waals surface area contributed by atoms with Gasteiger partial charge in [-0.1, -0.05) is 19.8 Å². The lowest BCUT2D eigenvalue weighted by atomic mass is 9.46. The third kappa shape index (κ3) is 1.92. The van der Waals surface area contributed by atoms with Crippen LogP contribution in [0.4, 0.5) is 4.39 Å². The van der Waals surface area contributed by atoms with Gasteiger partial charge in [-0.05, 0) is 67.3 Å². The summed E-state index contributed by atoms with van der Waals surface area (Å²) in [6, 6.07) is 0. The van der Waals surface area contributed by atoms with Crippen LogP contribution in [0.3, 0.4) is 0 Å². The molecule has 0 aromatic heterocycles. The highest BCUT2D eigenvalue weighted by Gasteiger charge is 2.67. The fraction of sp³-hybridized carbons (Fsp3) is 0.762. The van der Waals surface area contributed by atoms with Gasteiger partial charge >= 0.3 is 0 Å². The Hall–Kier alpha value is -1.18. The summed E-state index contributed by atoms with van der Waals surface area (Å²) in [4.78, 5) is 11.8. The third-order valence-corrected chi connectivity index (χ3v) is 8.49. The highest BCUT2D eigenvalue weighted by Crippen LogP contribution is 2.67. The van der Waals surface area contributed by atoms with E-state index in [1.165, 1.54) is 0 Å². The number of aliphatic hydroxyl groups is 2. The van der Waals surface area contributed by atoms with E-state index >= 15 is 0 Å². The predicted octanol–water partition coefficient (Wildman–Crippen LogP) is 3.15. The average molecular weight is 346 g/mol. The van der Waals surface area contributed by atoms with Crippen LogP contribution in [-0.2, 0) is 4.79 Å². The first kappa shape index (κ1) is 17.2. The molecule has 0 radical (unpaired) electrons. The van der Waals surface area contributed by atoms with Gasteiger partial charge in [-0.15, -0.1) is 6.42 Å². The van der Waals surface area contributed by atoms with Crippen molar-refractivity contribution in [3.8, 4) is 12.3 Å². The smallest absolute Gasteiger partial charge is 0.191 e. The highest BCUT2D eigenvalue weighted by molar-refractivity contribution is 5.95. The first-order valence-electron chi connectivity index (χ1n) is 9.49. The van der Waals surface area contributed by atoms with Crippen molar-refractivity contribution in [3.63, 3.8) is 0 Å². The van der Waals surface area contributed by atoms with E-state index in [0.29, 0.717) is 31.1 Å². The molecule has 25 heavy (non-hydrogen) atoms. The minimum Gasteiger partial charge on any atom is -0.389 e. The third-order valence-electron chi connectivity index (χ3n) is 8.49. The molecule has 4 rings (SSSR count). The number of fused-ring (bicyclic) bond motifs is 5. The lowest BCUT2D eigenvalue weighted by molar-refractivity contribution is -0.127. The van der Waals surface area contributed by atoms with Crippen molar-refractivity contribution in [2.45, 2.75) is 70.5 Å². The molecule has 136 valence electrons. The van der Waals surface area contributed by atoms with E-state index in [0.717, 1.165) is 24.8 Å². The zero-order valence-corrected chi connectivity index (χ0v) is 15.0. The molecule has 7 atom stereocenters. The molecular formula is C21H27FO3. The molecule has 0 aromatic rings. The summed E-state index contributed by atoms with van der Waals surface area (Å²) < 4.78 is 14.5. The van der Waals surface area contributed by atoms with E-state index < -0.39 is 22.9 Å². The van der Waals surface area contributed by atoms with Crippen LogP contribution in [0.1, 0.15) is 58.8 Å². The van der Waals surface area contributed by atoms with Crippen molar-refractivity contribution in [2.24, 2.45) is 28.6 Å². The minimum absolute atomic E-state index is 0.140. The number of allylic oxidation sites excluding steroid dienone is 1. The maximum Gasteiger partial charge on any atom is 0.191 e. The summed E-state index contributed by atoms with van der Waals surface area (Å²) >= 11 is 0. The molecule has 0 aromatic carbocycles. The Kier molecular flexibility index (Phi) is 3.57. The van der Waals surface area contributed by atoms with Crippen LogP contribution in [0.15, 0.2) is 11.4 Å². The molecule has 0 aliphatic heterocycles. The number of carbonyl (C=O) groups is 1. The van der Waals surface area contributed by atoms with Crippen molar-refractivity contribution in [2.75, 3.05) is 0 Å². The zero-order valence-electron chi connectivity index (χ0n) is 15.0. The zero-order chi connectivity index (χ0) is 18.2. The fourth-order valence-electron chi connectivity index (χ4n) is 6.93. The van der Waals surface area contributed by atoms with Crippen LogP contribution >= 0.6 is 0 Å². The second-order valence-corrected chi connectivity index (χ2v) is 9.17. The van der Waals surface area contributed by atoms with Crippen molar-refractivity contribution >= 4 is 5.78 Å². The van der Waals surface area contributed by atoms with Gasteiger partial charge in [-0.2, -0.15) is 0 Å². The Morgan fingerprint density at radius 2 is 1.92 bits per heavy atom. The average Bonchev–Trinajstić information content (AvgIpc) is 2.79. The van der Waals surface area contributed by atoms with Crippen molar-refractivity contribution < 1.29 is 19.4 Å². The number of carbonyl (C=O) groups excluding carboxylic acids is 1. The number of terminal acetylenes is 1. The maximum atomic E-state index is 14.5. The minimum atomic E-state index is -1.48. The van der Waals surface area contributed by atoms with Gasteiger partial charge < -0.3 is 10.2 Å². The Morgan fingerprint density at radius 1 is 1.20 bits per heavy atom. The van der Waals surface area contributed by atoms with Gasteiger partial charge in [0.05, 0.1) is 6.10 Å². The number of aliphatic hydroxyl groups excluding tert-OH is 1. The topological polar surface area (TPSA) is 57.5 Å². The quantitative estimate of drug-likeness (QED) is 0.663. The first-order chi connectivity index (χ1) is 11.7. The molecule has 0 heterocycles. The number of rotatable bonds is 0. The second kappa shape index (κ2) is 5.18. The molecule has 4 heteroatoms. The van der Waals surface area contributed by atoms with Crippen LogP contribution in [0.5, 0.6) is 0 Å². The summed E-state index contributed by atoms with van der Waals surface area (Å²) in [7, 11) is 0. The van der Waals surface area contributed by atoms with E-state index in [1.807, 2.05) is 6.92 Å². The molecule has 0 saturated heterocycles. The van der Waals surface area contributed by atoms with Crippen LogP contribution in [-0.4, -0.2) is 27.7 Å². The molecule has 0 amide bonds. The first-order valence-corrected chi connectivity index (χ1v) is 9.49. The molecule has 4 aliphatic rings. The van der Waals surface area contributed by atoms with Crippen molar-refractivity contribution in [3.05, 3.63) is 11.4 Å². The van der Waals surface area contributed by atoms with Crippen LogP contribution in [0.25, 0.3) is 0 Å². The molecule has 0 spiro atoms. The summed E-state index contributed by atoms with van der Waals surface area (Å²) in [5, 5.41) is 21.5. The number of hydrogen-bond donors (Lipinski definition) is 2. The molecule has 4 aliphatic carbocycles. The molecule has 3 nitrogen and oxygen atoms in total. The largest absolute Gasteiger partial charge is 0.389 e. The number of halogens is 1. The molecule has 0 bridgehead atoms. The van der Waals surface area contributed by atoms with E-state index in [1.54, 1.807) is 0 Å². The SMILES string of the molecule is C#C[C@]1(O)[C@H](O)C[C@H]2[C@@H]3CCC4=C(F)C(=O)CC[C@]4(C)[C@H]3CC[C@@]21C.